The summed E-state index contributed by atoms with van der Waals surface area (Å²) >= 11 is 6.31. The molecule has 2 heterocycles. The molecule has 54 heavy (non-hydrogen) atoms. The lowest BCUT2D eigenvalue weighted by Gasteiger charge is -2.44. The summed E-state index contributed by atoms with van der Waals surface area (Å²) in [6.45, 7) is 5.74. The second-order valence-electron chi connectivity index (χ2n) is 11.9. The molecule has 12 atom stereocenters. The lowest BCUT2D eigenvalue weighted by Crippen LogP contribution is -2.62. The molecule has 0 aromatic rings. The van der Waals surface area contributed by atoms with Crippen LogP contribution in [0.4, 0.5) is 0 Å². The van der Waals surface area contributed by atoms with Gasteiger partial charge in [-0.1, -0.05) is 31.9 Å². The van der Waals surface area contributed by atoms with Crippen molar-refractivity contribution in [3.8, 4) is 0 Å². The first-order valence-corrected chi connectivity index (χ1v) is 18.3. The molecule has 0 radical (unpaired) electrons. The van der Waals surface area contributed by atoms with E-state index in [0.29, 0.717) is 0 Å². The standard InChI is InChI=1S/C32H44Br2O20/c1-13(35)47-21-23(49-15(3)37)27(53-29(33)25(21)51-17(5)39)31(43)45-11-9-19(41)7-8-20(42)10-12-46-32(44)28-24(50-16(4)38)22(48-14(2)36)26(30(34)54-28)52-18(6)40/h21-32,43-44H,7-12H2,1-6H3/t21-,22-,23-,24-,25+,26+,27-,28-,29+,30+,31?,32?/m0/s1. The molecule has 2 N–H and O–H groups in total. The molecule has 0 aromatic heterocycles. The van der Waals surface area contributed by atoms with Gasteiger partial charge in [-0.25, -0.2) is 0 Å². The number of hydrogen-bond acceptors (Lipinski definition) is 20. The number of Topliss-reactive ketones (excluding diaryl/α,β-unsaturated/α-hetero) is 2. The fourth-order valence-electron chi connectivity index (χ4n) is 5.35. The van der Waals surface area contributed by atoms with E-state index < -0.39 is 119 Å². The van der Waals surface area contributed by atoms with Gasteiger partial charge in [0.1, 0.15) is 11.6 Å². The highest BCUT2D eigenvalue weighted by atomic mass is 79.9. The number of aliphatic hydroxyl groups excluding tert-OH is 2. The number of esters is 6. The molecule has 0 spiro atoms. The lowest BCUT2D eigenvalue weighted by atomic mass is 9.98. The largest absolute Gasteiger partial charge is 0.455 e. The van der Waals surface area contributed by atoms with Gasteiger partial charge in [0.15, 0.2) is 71.4 Å². The Hall–Kier alpha value is -3.12. The Balaban J connectivity index is 1.91. The molecule has 0 amide bonds. The molecule has 20 nitrogen and oxygen atoms in total. The maximum absolute atomic E-state index is 12.5. The highest BCUT2D eigenvalue weighted by Gasteiger charge is 2.55. The topological polar surface area (TPSA) is 269 Å². The van der Waals surface area contributed by atoms with Gasteiger partial charge in [-0.15, -0.1) is 0 Å². The van der Waals surface area contributed by atoms with Crippen molar-refractivity contribution in [2.24, 2.45) is 0 Å². The first kappa shape index (κ1) is 47.0. The van der Waals surface area contributed by atoms with Crippen LogP contribution in [0.3, 0.4) is 0 Å². The zero-order chi connectivity index (χ0) is 40.9. The normalized spacial score (nSPS) is 29.1. The molecule has 2 aliphatic rings. The van der Waals surface area contributed by atoms with E-state index in [0.717, 1.165) is 41.5 Å². The van der Waals surface area contributed by atoms with Crippen LogP contribution in [0.1, 0.15) is 67.2 Å². The van der Waals surface area contributed by atoms with Gasteiger partial charge in [0.2, 0.25) is 0 Å². The molecule has 0 aromatic carbocycles. The van der Waals surface area contributed by atoms with E-state index >= 15 is 0 Å². The Kier molecular flexibility index (Phi) is 19.5. The van der Waals surface area contributed by atoms with Crippen LogP contribution < -0.4 is 0 Å². The van der Waals surface area contributed by atoms with Gasteiger partial charge in [0.25, 0.3) is 0 Å². The number of hydrogen-bond donors (Lipinski definition) is 2. The van der Waals surface area contributed by atoms with E-state index in [4.69, 9.17) is 47.4 Å². The summed E-state index contributed by atoms with van der Waals surface area (Å²) in [5.41, 5.74) is 0. The summed E-state index contributed by atoms with van der Waals surface area (Å²) in [5.74, 6) is -5.65. The Morgan fingerprint density at radius 1 is 0.463 bits per heavy atom. The Morgan fingerprint density at radius 2 is 0.722 bits per heavy atom. The lowest BCUT2D eigenvalue weighted by molar-refractivity contribution is -0.275. The van der Waals surface area contributed by atoms with E-state index in [1.54, 1.807) is 0 Å². The molecule has 2 aliphatic heterocycles. The third-order valence-corrected chi connectivity index (χ3v) is 8.90. The van der Waals surface area contributed by atoms with E-state index in [1.165, 1.54) is 0 Å². The van der Waals surface area contributed by atoms with Gasteiger partial charge in [0.05, 0.1) is 13.2 Å². The highest BCUT2D eigenvalue weighted by molar-refractivity contribution is 9.09. The first-order chi connectivity index (χ1) is 25.2. The van der Waals surface area contributed by atoms with Crippen LogP contribution in [0.2, 0.25) is 0 Å². The smallest absolute Gasteiger partial charge is 0.303 e. The molecule has 2 saturated heterocycles. The predicted octanol–water partition coefficient (Wildman–Crippen LogP) is 0.185. The van der Waals surface area contributed by atoms with E-state index in [-0.39, 0.29) is 38.9 Å². The van der Waals surface area contributed by atoms with E-state index in [1.807, 2.05) is 0 Å². The molecular formula is C32H44Br2O20. The van der Waals surface area contributed by atoms with Crippen LogP contribution in [-0.2, 0) is 85.7 Å². The van der Waals surface area contributed by atoms with Crippen LogP contribution in [-0.4, -0.2) is 142 Å². The van der Waals surface area contributed by atoms with Crippen molar-refractivity contribution < 1.29 is 95.9 Å². The van der Waals surface area contributed by atoms with E-state index in [2.05, 4.69) is 31.9 Å². The number of carbonyl (C=O) groups excluding carboxylic acids is 8. The Bertz CT molecular complexity index is 1260. The first-order valence-electron chi connectivity index (χ1n) is 16.5. The van der Waals surface area contributed by atoms with Crippen molar-refractivity contribution in [3.63, 3.8) is 0 Å². The fraction of sp³-hybridized carbons (Fsp3) is 0.750. The van der Waals surface area contributed by atoms with E-state index in [9.17, 15) is 48.6 Å². The SMILES string of the molecule is CC(=O)O[C@@H]1[C@@H](OC(C)=O)[C@H](Br)O[C@H](C(O)OCCC(=O)CCC(=O)CCOC(O)[C@H]2O[C@@H](Br)[C@H](OC(C)=O)[C@@H](OC(C)=O)[C@@H]2OC(C)=O)[C@H]1OC(C)=O. The summed E-state index contributed by atoms with van der Waals surface area (Å²) in [6.07, 6.45) is -15.8. The van der Waals surface area contributed by atoms with Gasteiger partial charge in [0, 0.05) is 67.2 Å². The number of carbonyl (C=O) groups is 8. The Morgan fingerprint density at radius 3 is 1.00 bits per heavy atom. The Labute approximate surface area is 326 Å². The summed E-state index contributed by atoms with van der Waals surface area (Å²) in [5, 5.41) is 19.2. The quantitative estimate of drug-likeness (QED) is 0.0758. The van der Waals surface area contributed by atoms with Crippen molar-refractivity contribution in [1.82, 2.24) is 0 Å². The highest BCUT2D eigenvalue weighted by Crippen LogP contribution is 2.34. The minimum atomic E-state index is -1.82. The fourth-order valence-corrected chi connectivity index (χ4v) is 6.66. The second kappa shape index (κ2) is 22.4. The molecule has 0 bridgehead atoms. The molecule has 306 valence electrons. The predicted molar refractivity (Wildman–Crippen MR) is 181 cm³/mol. The second-order valence-corrected chi connectivity index (χ2v) is 13.8. The average Bonchev–Trinajstić information content (AvgIpc) is 3.04. The molecule has 0 saturated carbocycles. The number of alkyl halides is 2. The van der Waals surface area contributed by atoms with Gasteiger partial charge >= 0.3 is 35.8 Å². The van der Waals surface area contributed by atoms with Gasteiger partial charge in [-0.3, -0.25) is 38.4 Å². The van der Waals surface area contributed by atoms with Crippen molar-refractivity contribution in [1.29, 1.82) is 0 Å². The van der Waals surface area contributed by atoms with Gasteiger partial charge < -0.3 is 57.6 Å². The van der Waals surface area contributed by atoms with Crippen molar-refractivity contribution in [3.05, 3.63) is 0 Å². The van der Waals surface area contributed by atoms with Crippen molar-refractivity contribution in [2.75, 3.05) is 13.2 Å². The molecular weight excluding hydrogens is 864 g/mol. The number of ketones is 2. The van der Waals surface area contributed by atoms with Crippen LogP contribution in [0, 0.1) is 0 Å². The minimum absolute atomic E-state index is 0.216. The summed E-state index contributed by atoms with van der Waals surface area (Å²) < 4.78 is 53.4. The van der Waals surface area contributed by atoms with Crippen molar-refractivity contribution >= 4 is 79.2 Å². The maximum Gasteiger partial charge on any atom is 0.303 e. The summed E-state index contributed by atoms with van der Waals surface area (Å²) in [4.78, 5) is 95.7. The maximum atomic E-state index is 12.5. The van der Waals surface area contributed by atoms with Crippen LogP contribution >= 0.6 is 31.9 Å². The molecule has 22 heteroatoms. The van der Waals surface area contributed by atoms with Gasteiger partial charge in [-0.2, -0.15) is 0 Å². The average molecular weight is 908 g/mol. The summed E-state index contributed by atoms with van der Waals surface area (Å²) in [6, 6.07) is 0. The zero-order valence-corrected chi connectivity index (χ0v) is 33.3. The molecule has 2 fully saturated rings. The number of rotatable bonds is 19. The van der Waals surface area contributed by atoms with Gasteiger partial charge in [-0.05, 0) is 0 Å². The third-order valence-electron chi connectivity index (χ3n) is 7.43. The number of halogens is 2. The van der Waals surface area contributed by atoms with Crippen LogP contribution in [0.15, 0.2) is 0 Å². The summed E-state index contributed by atoms with van der Waals surface area (Å²) in [7, 11) is 0. The third kappa shape index (κ3) is 15.2. The molecule has 2 rings (SSSR count). The number of ether oxygens (including phenoxy) is 10. The molecule has 2 unspecified atom stereocenters. The monoisotopic (exact) mass is 906 g/mol. The van der Waals surface area contributed by atoms with Crippen molar-refractivity contribution in [2.45, 2.75) is 139 Å². The van der Waals surface area contributed by atoms with Crippen LogP contribution in [0.5, 0.6) is 0 Å². The van der Waals surface area contributed by atoms with Crippen LogP contribution in [0.25, 0.3) is 0 Å². The minimum Gasteiger partial charge on any atom is -0.455 e. The molecule has 0 aliphatic carbocycles. The zero-order valence-electron chi connectivity index (χ0n) is 30.2. The number of aliphatic hydroxyl groups is 2.